The van der Waals surface area contributed by atoms with Crippen LogP contribution in [0.5, 0.6) is 5.75 Å². The van der Waals surface area contributed by atoms with Crippen LogP contribution in [0.1, 0.15) is 33.6 Å². The van der Waals surface area contributed by atoms with Crippen LogP contribution >= 0.6 is 11.6 Å². The standard InChI is InChI=1S/C22H30ClN3O4/c1-22(2,3)26-14-16(13-19(26)27)21(29)25-10-4-9-24(11-12-25)20(28)15-30-18-7-5-17(23)6-8-18/h5-8,16H,4,9-15H2,1-3H3. The summed E-state index contributed by atoms with van der Waals surface area (Å²) < 4.78 is 5.55. The molecule has 2 aliphatic rings. The second kappa shape index (κ2) is 9.25. The van der Waals surface area contributed by atoms with E-state index in [-0.39, 0.29) is 42.2 Å². The van der Waals surface area contributed by atoms with E-state index in [9.17, 15) is 14.4 Å². The zero-order valence-corrected chi connectivity index (χ0v) is 18.7. The quantitative estimate of drug-likeness (QED) is 0.728. The summed E-state index contributed by atoms with van der Waals surface area (Å²) >= 11 is 5.85. The molecule has 1 unspecified atom stereocenters. The van der Waals surface area contributed by atoms with E-state index in [2.05, 4.69) is 0 Å². The zero-order valence-electron chi connectivity index (χ0n) is 17.9. The molecule has 0 N–H and O–H groups in total. The van der Waals surface area contributed by atoms with Gasteiger partial charge in [-0.1, -0.05) is 11.6 Å². The van der Waals surface area contributed by atoms with E-state index < -0.39 is 0 Å². The molecule has 2 fully saturated rings. The lowest BCUT2D eigenvalue weighted by atomic mass is 10.1. The highest BCUT2D eigenvalue weighted by Crippen LogP contribution is 2.27. The van der Waals surface area contributed by atoms with Gasteiger partial charge in [-0.05, 0) is 51.5 Å². The highest BCUT2D eigenvalue weighted by molar-refractivity contribution is 6.30. The SMILES string of the molecule is CC(C)(C)N1CC(C(=O)N2CCCN(C(=O)COc3ccc(Cl)cc3)CC2)CC1=O. The fourth-order valence-electron chi connectivity index (χ4n) is 3.93. The molecule has 0 spiro atoms. The highest BCUT2D eigenvalue weighted by Gasteiger charge is 2.41. The lowest BCUT2D eigenvalue weighted by Crippen LogP contribution is -2.44. The first kappa shape index (κ1) is 22.4. The van der Waals surface area contributed by atoms with E-state index in [1.54, 1.807) is 39.0 Å². The summed E-state index contributed by atoms with van der Waals surface area (Å²) in [5.41, 5.74) is -0.280. The minimum absolute atomic E-state index is 0.0156. The molecular weight excluding hydrogens is 406 g/mol. The number of carbonyl (C=O) groups excluding carboxylic acids is 3. The Bertz CT molecular complexity index is 791. The van der Waals surface area contributed by atoms with E-state index in [0.29, 0.717) is 49.9 Å². The molecule has 2 saturated heterocycles. The monoisotopic (exact) mass is 435 g/mol. The predicted molar refractivity (Wildman–Crippen MR) is 114 cm³/mol. The number of hydrogen-bond donors (Lipinski definition) is 0. The van der Waals surface area contributed by atoms with Gasteiger partial charge in [-0.3, -0.25) is 14.4 Å². The normalized spacial score (nSPS) is 20.3. The van der Waals surface area contributed by atoms with Gasteiger partial charge in [0.25, 0.3) is 5.91 Å². The van der Waals surface area contributed by atoms with Crippen LogP contribution in [0.3, 0.4) is 0 Å². The molecule has 1 aromatic rings. The topological polar surface area (TPSA) is 70.2 Å². The average molecular weight is 436 g/mol. The Morgan fingerprint density at radius 2 is 1.70 bits per heavy atom. The first-order valence-corrected chi connectivity index (χ1v) is 10.8. The summed E-state index contributed by atoms with van der Waals surface area (Å²) in [6, 6.07) is 6.88. The van der Waals surface area contributed by atoms with Gasteiger partial charge in [0.1, 0.15) is 5.75 Å². The molecule has 7 nitrogen and oxygen atoms in total. The molecule has 30 heavy (non-hydrogen) atoms. The number of rotatable bonds is 4. The number of amides is 3. The van der Waals surface area contributed by atoms with Crippen molar-refractivity contribution < 1.29 is 19.1 Å². The molecule has 0 aliphatic carbocycles. The minimum atomic E-state index is -0.299. The van der Waals surface area contributed by atoms with Crippen LogP contribution in [0.4, 0.5) is 0 Å². The smallest absolute Gasteiger partial charge is 0.260 e. The molecule has 2 heterocycles. The third-order valence-corrected chi connectivity index (χ3v) is 5.87. The molecule has 0 radical (unpaired) electrons. The Labute approximate surface area is 182 Å². The Kier molecular flexibility index (Phi) is 6.91. The summed E-state index contributed by atoms with van der Waals surface area (Å²) in [4.78, 5) is 43.2. The number of benzene rings is 1. The van der Waals surface area contributed by atoms with Crippen molar-refractivity contribution >= 4 is 29.3 Å². The van der Waals surface area contributed by atoms with E-state index in [1.165, 1.54) is 0 Å². The van der Waals surface area contributed by atoms with Crippen LogP contribution in [0, 0.1) is 5.92 Å². The highest BCUT2D eigenvalue weighted by atomic mass is 35.5. The predicted octanol–water partition coefficient (Wildman–Crippen LogP) is 2.43. The van der Waals surface area contributed by atoms with Gasteiger partial charge in [0.2, 0.25) is 11.8 Å². The molecule has 0 aromatic heterocycles. The van der Waals surface area contributed by atoms with E-state index >= 15 is 0 Å². The van der Waals surface area contributed by atoms with Crippen LogP contribution in [0.15, 0.2) is 24.3 Å². The van der Waals surface area contributed by atoms with Gasteiger partial charge in [-0.15, -0.1) is 0 Å². The van der Waals surface area contributed by atoms with Gasteiger partial charge in [0, 0.05) is 49.7 Å². The third kappa shape index (κ3) is 5.45. The molecule has 8 heteroatoms. The lowest BCUT2D eigenvalue weighted by Gasteiger charge is -2.32. The summed E-state index contributed by atoms with van der Waals surface area (Å²) in [5, 5.41) is 0.612. The number of likely N-dealkylation sites (tertiary alicyclic amines) is 1. The summed E-state index contributed by atoms with van der Waals surface area (Å²) in [7, 11) is 0. The first-order valence-electron chi connectivity index (χ1n) is 10.4. The molecule has 2 aliphatic heterocycles. The van der Waals surface area contributed by atoms with Crippen molar-refractivity contribution in [2.45, 2.75) is 39.2 Å². The maximum atomic E-state index is 13.0. The molecular formula is C22H30ClN3O4. The second-order valence-electron chi connectivity index (χ2n) is 8.88. The Morgan fingerprint density at radius 1 is 1.07 bits per heavy atom. The Balaban J connectivity index is 1.50. The van der Waals surface area contributed by atoms with Gasteiger partial charge < -0.3 is 19.4 Å². The number of carbonyl (C=O) groups is 3. The van der Waals surface area contributed by atoms with Crippen LogP contribution in [-0.2, 0) is 14.4 Å². The number of nitrogens with zero attached hydrogens (tertiary/aromatic N) is 3. The van der Waals surface area contributed by atoms with Crippen molar-refractivity contribution in [3.8, 4) is 5.75 Å². The molecule has 3 rings (SSSR count). The van der Waals surface area contributed by atoms with Crippen molar-refractivity contribution in [3.63, 3.8) is 0 Å². The Hall–Kier alpha value is -2.28. The summed E-state index contributed by atoms with van der Waals surface area (Å²) in [6.07, 6.45) is 0.978. The van der Waals surface area contributed by atoms with Crippen molar-refractivity contribution in [3.05, 3.63) is 29.3 Å². The van der Waals surface area contributed by atoms with Gasteiger partial charge in [-0.25, -0.2) is 0 Å². The van der Waals surface area contributed by atoms with Gasteiger partial charge in [0.15, 0.2) is 6.61 Å². The van der Waals surface area contributed by atoms with Crippen molar-refractivity contribution in [1.29, 1.82) is 0 Å². The maximum absolute atomic E-state index is 13.0. The van der Waals surface area contributed by atoms with Crippen molar-refractivity contribution in [2.24, 2.45) is 5.92 Å². The summed E-state index contributed by atoms with van der Waals surface area (Å²) in [6.45, 7) is 8.51. The maximum Gasteiger partial charge on any atom is 0.260 e. The fraction of sp³-hybridized carbons (Fsp3) is 0.591. The fourth-order valence-corrected chi connectivity index (χ4v) is 4.06. The van der Waals surface area contributed by atoms with E-state index in [4.69, 9.17) is 16.3 Å². The van der Waals surface area contributed by atoms with E-state index in [1.807, 2.05) is 20.8 Å². The number of ether oxygens (including phenoxy) is 1. The number of halogens is 1. The van der Waals surface area contributed by atoms with Crippen LogP contribution in [0.2, 0.25) is 5.02 Å². The van der Waals surface area contributed by atoms with Crippen LogP contribution in [-0.4, -0.2) is 77.3 Å². The van der Waals surface area contributed by atoms with Gasteiger partial charge in [-0.2, -0.15) is 0 Å². The third-order valence-electron chi connectivity index (χ3n) is 5.62. The van der Waals surface area contributed by atoms with Crippen molar-refractivity contribution in [1.82, 2.24) is 14.7 Å². The van der Waals surface area contributed by atoms with Crippen LogP contribution in [0.25, 0.3) is 0 Å². The summed E-state index contributed by atoms with van der Waals surface area (Å²) in [5.74, 6) is 0.240. The lowest BCUT2D eigenvalue weighted by molar-refractivity contribution is -0.137. The molecule has 0 bridgehead atoms. The molecule has 164 valence electrons. The molecule has 3 amide bonds. The second-order valence-corrected chi connectivity index (χ2v) is 9.31. The largest absolute Gasteiger partial charge is 0.484 e. The minimum Gasteiger partial charge on any atom is -0.484 e. The number of hydrogen-bond acceptors (Lipinski definition) is 4. The van der Waals surface area contributed by atoms with Crippen molar-refractivity contribution in [2.75, 3.05) is 39.3 Å². The molecule has 0 saturated carbocycles. The zero-order chi connectivity index (χ0) is 21.9. The molecule has 1 atom stereocenters. The van der Waals surface area contributed by atoms with Gasteiger partial charge >= 0.3 is 0 Å². The Morgan fingerprint density at radius 3 is 2.33 bits per heavy atom. The van der Waals surface area contributed by atoms with Crippen LogP contribution < -0.4 is 4.74 Å². The molecule has 1 aromatic carbocycles. The van der Waals surface area contributed by atoms with E-state index in [0.717, 1.165) is 0 Å². The first-order chi connectivity index (χ1) is 14.1. The van der Waals surface area contributed by atoms with Gasteiger partial charge in [0.05, 0.1) is 5.92 Å². The average Bonchev–Trinajstić information content (AvgIpc) is 2.93.